The summed E-state index contributed by atoms with van der Waals surface area (Å²) in [4.78, 5) is 24.8. The molecule has 0 spiro atoms. The lowest BCUT2D eigenvalue weighted by molar-refractivity contribution is -0.160. The highest BCUT2D eigenvalue weighted by molar-refractivity contribution is 8.00. The summed E-state index contributed by atoms with van der Waals surface area (Å²) in [5.74, 6) is -0.993. The van der Waals surface area contributed by atoms with Crippen LogP contribution in [-0.4, -0.2) is 23.1 Å². The Balaban J connectivity index is 2.49. The van der Waals surface area contributed by atoms with Crippen molar-refractivity contribution in [2.45, 2.75) is 45.1 Å². The topological polar surface area (TPSA) is 43.4 Å². The van der Waals surface area contributed by atoms with Crippen molar-refractivity contribution in [2.24, 2.45) is 5.92 Å². The van der Waals surface area contributed by atoms with Gasteiger partial charge in [0.1, 0.15) is 11.5 Å². The van der Waals surface area contributed by atoms with E-state index in [1.54, 1.807) is 27.7 Å². The van der Waals surface area contributed by atoms with Gasteiger partial charge < -0.3 is 4.74 Å². The van der Waals surface area contributed by atoms with Gasteiger partial charge in [0.25, 0.3) is 0 Å². The second-order valence-corrected chi connectivity index (χ2v) is 6.87. The lowest BCUT2D eigenvalue weighted by atomic mass is 10.1. The molecule has 0 aliphatic heterocycles. The lowest BCUT2D eigenvalue weighted by Crippen LogP contribution is -2.31. The molecule has 4 heteroatoms. The van der Waals surface area contributed by atoms with E-state index in [2.05, 4.69) is 0 Å². The van der Waals surface area contributed by atoms with Gasteiger partial charge in [-0.05, 0) is 46.8 Å². The molecular weight excluding hydrogens is 272 g/mol. The summed E-state index contributed by atoms with van der Waals surface area (Å²) in [5.41, 5.74) is 0.623. The number of thioether (sulfide) groups is 1. The average molecular weight is 294 g/mol. The molecule has 20 heavy (non-hydrogen) atoms. The zero-order valence-electron chi connectivity index (χ0n) is 12.7. The minimum Gasteiger partial charge on any atom is -0.459 e. The molecule has 0 heterocycles. The summed E-state index contributed by atoms with van der Waals surface area (Å²) in [6.07, 6.45) is 0. The van der Waals surface area contributed by atoms with Gasteiger partial charge in [-0.25, -0.2) is 0 Å². The Morgan fingerprint density at radius 2 is 1.75 bits per heavy atom. The zero-order chi connectivity index (χ0) is 15.3. The number of rotatable bonds is 5. The van der Waals surface area contributed by atoms with Crippen LogP contribution in [0, 0.1) is 12.8 Å². The van der Waals surface area contributed by atoms with Crippen molar-refractivity contribution in [2.75, 3.05) is 5.75 Å². The fourth-order valence-corrected chi connectivity index (χ4v) is 2.32. The number of aryl methyl sites for hydroxylation is 1. The van der Waals surface area contributed by atoms with Crippen molar-refractivity contribution in [3.63, 3.8) is 0 Å². The first kappa shape index (κ1) is 16.8. The average Bonchev–Trinajstić information content (AvgIpc) is 2.34. The van der Waals surface area contributed by atoms with Gasteiger partial charge in [0.05, 0.1) is 5.75 Å². The molecular formula is C16H22O3S. The molecule has 0 radical (unpaired) electrons. The van der Waals surface area contributed by atoms with Crippen LogP contribution < -0.4 is 0 Å². The zero-order valence-corrected chi connectivity index (χ0v) is 13.5. The SMILES string of the molecule is Cc1ccc(SCC(=O)C(C)C(=O)OC(C)(C)C)cc1. The molecule has 1 rings (SSSR count). The number of hydrogen-bond donors (Lipinski definition) is 0. The second kappa shape index (κ2) is 6.93. The first-order chi connectivity index (χ1) is 9.19. The maximum Gasteiger partial charge on any atom is 0.316 e. The Bertz CT molecular complexity index is 471. The summed E-state index contributed by atoms with van der Waals surface area (Å²) >= 11 is 1.44. The molecule has 0 saturated carbocycles. The van der Waals surface area contributed by atoms with Gasteiger partial charge in [-0.2, -0.15) is 0 Å². The van der Waals surface area contributed by atoms with Gasteiger partial charge in [0, 0.05) is 4.90 Å². The number of ketones is 1. The molecule has 0 amide bonds. The van der Waals surface area contributed by atoms with Crippen LogP contribution in [0.4, 0.5) is 0 Å². The molecule has 0 N–H and O–H groups in total. The van der Waals surface area contributed by atoms with Crippen LogP contribution in [0.25, 0.3) is 0 Å². The number of esters is 1. The lowest BCUT2D eigenvalue weighted by Gasteiger charge is -2.21. The van der Waals surface area contributed by atoms with Crippen molar-refractivity contribution < 1.29 is 14.3 Å². The highest BCUT2D eigenvalue weighted by Gasteiger charge is 2.26. The maximum absolute atomic E-state index is 12.0. The predicted octanol–water partition coefficient (Wildman–Crippen LogP) is 3.63. The summed E-state index contributed by atoms with van der Waals surface area (Å²) in [7, 11) is 0. The van der Waals surface area contributed by atoms with Gasteiger partial charge in [0.15, 0.2) is 5.78 Å². The van der Waals surface area contributed by atoms with E-state index in [0.29, 0.717) is 0 Å². The number of carbonyl (C=O) groups excluding carboxylic acids is 2. The van der Waals surface area contributed by atoms with Gasteiger partial charge in [0.2, 0.25) is 0 Å². The smallest absolute Gasteiger partial charge is 0.316 e. The number of ether oxygens (including phenoxy) is 1. The molecule has 1 aromatic rings. The van der Waals surface area contributed by atoms with Crippen LogP contribution in [0.2, 0.25) is 0 Å². The van der Waals surface area contributed by atoms with Crippen LogP contribution in [-0.2, 0) is 14.3 Å². The van der Waals surface area contributed by atoms with Crippen LogP contribution in [0.5, 0.6) is 0 Å². The van der Waals surface area contributed by atoms with Crippen molar-refractivity contribution in [1.82, 2.24) is 0 Å². The second-order valence-electron chi connectivity index (χ2n) is 5.82. The molecule has 0 fully saturated rings. The van der Waals surface area contributed by atoms with E-state index in [1.165, 1.54) is 17.3 Å². The fourth-order valence-electron chi connectivity index (χ4n) is 1.44. The van der Waals surface area contributed by atoms with E-state index >= 15 is 0 Å². The molecule has 0 aliphatic carbocycles. The molecule has 0 aromatic heterocycles. The summed E-state index contributed by atoms with van der Waals surface area (Å²) in [6.45, 7) is 9.01. The van der Waals surface area contributed by atoms with E-state index in [1.807, 2.05) is 31.2 Å². The third-order valence-corrected chi connectivity index (χ3v) is 3.68. The first-order valence-electron chi connectivity index (χ1n) is 6.64. The van der Waals surface area contributed by atoms with Crippen LogP contribution in [0.15, 0.2) is 29.2 Å². The first-order valence-corrected chi connectivity index (χ1v) is 7.62. The normalized spacial score (nSPS) is 12.8. The number of hydrogen-bond acceptors (Lipinski definition) is 4. The van der Waals surface area contributed by atoms with Gasteiger partial charge in [-0.15, -0.1) is 11.8 Å². The molecule has 0 saturated heterocycles. The van der Waals surface area contributed by atoms with Crippen LogP contribution in [0.3, 0.4) is 0 Å². The predicted molar refractivity (Wildman–Crippen MR) is 81.9 cm³/mol. The van der Waals surface area contributed by atoms with E-state index in [4.69, 9.17) is 4.74 Å². The van der Waals surface area contributed by atoms with E-state index in [0.717, 1.165) is 4.90 Å². The maximum atomic E-state index is 12.0. The molecule has 1 aromatic carbocycles. The number of benzene rings is 1. The Morgan fingerprint density at radius 1 is 1.20 bits per heavy atom. The largest absolute Gasteiger partial charge is 0.459 e. The minimum absolute atomic E-state index is 0.107. The van der Waals surface area contributed by atoms with E-state index < -0.39 is 17.5 Å². The molecule has 3 nitrogen and oxygen atoms in total. The van der Waals surface area contributed by atoms with Crippen LogP contribution in [0.1, 0.15) is 33.3 Å². The molecule has 110 valence electrons. The Labute approximate surface area is 125 Å². The minimum atomic E-state index is -0.716. The fraction of sp³-hybridized carbons (Fsp3) is 0.500. The van der Waals surface area contributed by atoms with Gasteiger partial charge >= 0.3 is 5.97 Å². The molecule has 1 atom stereocenters. The molecule has 0 aliphatic rings. The highest BCUT2D eigenvalue weighted by atomic mass is 32.2. The van der Waals surface area contributed by atoms with Crippen molar-refractivity contribution in [3.8, 4) is 0 Å². The highest BCUT2D eigenvalue weighted by Crippen LogP contribution is 2.20. The Hall–Kier alpha value is -1.29. The van der Waals surface area contributed by atoms with Crippen molar-refractivity contribution >= 4 is 23.5 Å². The van der Waals surface area contributed by atoms with E-state index in [-0.39, 0.29) is 11.5 Å². The van der Waals surface area contributed by atoms with E-state index in [9.17, 15) is 9.59 Å². The van der Waals surface area contributed by atoms with Crippen LogP contribution >= 0.6 is 11.8 Å². The van der Waals surface area contributed by atoms with Gasteiger partial charge in [-0.1, -0.05) is 17.7 Å². The third-order valence-electron chi connectivity index (χ3n) is 2.65. The summed E-state index contributed by atoms with van der Waals surface area (Å²) < 4.78 is 5.22. The monoisotopic (exact) mass is 294 g/mol. The Morgan fingerprint density at radius 3 is 2.25 bits per heavy atom. The van der Waals surface area contributed by atoms with Gasteiger partial charge in [-0.3, -0.25) is 9.59 Å². The number of Topliss-reactive ketones (excluding diaryl/α,β-unsaturated/α-hetero) is 1. The molecule has 0 bridgehead atoms. The van der Waals surface area contributed by atoms with Crippen molar-refractivity contribution in [3.05, 3.63) is 29.8 Å². The Kier molecular flexibility index (Phi) is 5.81. The standard InChI is InChI=1S/C16H22O3S/c1-11-6-8-13(9-7-11)20-10-14(17)12(2)15(18)19-16(3,4)5/h6-9,12H,10H2,1-5H3. The summed E-state index contributed by atoms with van der Waals surface area (Å²) in [6, 6.07) is 7.96. The van der Waals surface area contributed by atoms with Crippen molar-refractivity contribution in [1.29, 1.82) is 0 Å². The summed E-state index contributed by atoms with van der Waals surface area (Å²) in [5, 5.41) is 0. The molecule has 1 unspecified atom stereocenters. The third kappa shape index (κ3) is 5.78. The quantitative estimate of drug-likeness (QED) is 0.472. The number of carbonyl (C=O) groups is 2.